The van der Waals surface area contributed by atoms with E-state index >= 15 is 0 Å². The molecule has 2 aromatic carbocycles. The van der Waals surface area contributed by atoms with Gasteiger partial charge in [-0.15, -0.1) is 10.2 Å². The molecule has 9 nitrogen and oxygen atoms in total. The van der Waals surface area contributed by atoms with Gasteiger partial charge in [-0.05, 0) is 17.7 Å². The molecular weight excluding hydrogens is 462 g/mol. The Morgan fingerprint density at radius 3 is 2.48 bits per heavy atom. The average molecular weight is 488 g/mol. The van der Waals surface area contributed by atoms with Crippen LogP contribution in [0.15, 0.2) is 64.6 Å². The van der Waals surface area contributed by atoms with Crippen LogP contribution in [0.4, 0.5) is 11.6 Å². The maximum absolute atomic E-state index is 12.6. The van der Waals surface area contributed by atoms with Crippen LogP contribution in [0.5, 0.6) is 0 Å². The molecule has 2 heterocycles. The molecule has 1 amide bonds. The largest absolute Gasteiger partial charge is 0.378 e. The van der Waals surface area contributed by atoms with E-state index in [4.69, 9.17) is 4.74 Å². The second-order valence-corrected chi connectivity index (χ2v) is 10.5. The number of aromatic nitrogens is 3. The van der Waals surface area contributed by atoms with E-state index in [9.17, 15) is 13.2 Å². The molecule has 33 heavy (non-hydrogen) atoms. The van der Waals surface area contributed by atoms with Crippen molar-refractivity contribution in [3.8, 4) is 0 Å². The summed E-state index contributed by atoms with van der Waals surface area (Å²) in [6.45, 7) is 3.27. The number of thioether (sulfide) groups is 1. The minimum Gasteiger partial charge on any atom is -0.378 e. The van der Waals surface area contributed by atoms with Gasteiger partial charge >= 0.3 is 0 Å². The number of anilines is 2. The van der Waals surface area contributed by atoms with Crippen LogP contribution in [0.2, 0.25) is 0 Å². The maximum Gasteiger partial charge on any atom is 0.234 e. The van der Waals surface area contributed by atoms with E-state index in [1.807, 2.05) is 34.9 Å². The van der Waals surface area contributed by atoms with Crippen LogP contribution in [0.1, 0.15) is 5.56 Å². The number of para-hydroxylation sites is 1. The smallest absolute Gasteiger partial charge is 0.234 e. The Hall–Kier alpha value is -2.89. The third kappa shape index (κ3) is 5.92. The van der Waals surface area contributed by atoms with Gasteiger partial charge in [0.2, 0.25) is 11.9 Å². The first-order valence-corrected chi connectivity index (χ1v) is 13.3. The average Bonchev–Trinajstić information content (AvgIpc) is 3.21. The number of amides is 1. The molecule has 0 spiro atoms. The Labute approximate surface area is 197 Å². The van der Waals surface area contributed by atoms with Crippen molar-refractivity contribution >= 4 is 39.1 Å². The van der Waals surface area contributed by atoms with Crippen molar-refractivity contribution in [2.45, 2.75) is 16.6 Å². The quantitative estimate of drug-likeness (QED) is 0.483. The Bertz CT molecular complexity index is 1210. The van der Waals surface area contributed by atoms with Crippen molar-refractivity contribution < 1.29 is 17.9 Å². The van der Waals surface area contributed by atoms with E-state index < -0.39 is 9.84 Å². The molecule has 4 rings (SSSR count). The van der Waals surface area contributed by atoms with Crippen molar-refractivity contribution in [3.05, 3.63) is 60.2 Å². The molecule has 1 saturated heterocycles. The molecule has 1 N–H and O–H groups in total. The summed E-state index contributed by atoms with van der Waals surface area (Å²) in [6.07, 6.45) is 1.12. The van der Waals surface area contributed by atoms with Crippen molar-refractivity contribution in [2.75, 3.05) is 48.5 Å². The molecular formula is C22H25N5O4S2. The molecule has 1 aromatic heterocycles. The number of carbonyl (C=O) groups is 1. The van der Waals surface area contributed by atoms with Gasteiger partial charge < -0.3 is 15.0 Å². The molecule has 0 bridgehead atoms. The Morgan fingerprint density at radius 1 is 1.06 bits per heavy atom. The molecule has 0 unspecified atom stereocenters. The zero-order valence-corrected chi connectivity index (χ0v) is 19.8. The number of rotatable bonds is 8. The lowest BCUT2D eigenvalue weighted by atomic mass is 10.2. The number of ether oxygens (including phenoxy) is 1. The van der Waals surface area contributed by atoms with Crippen LogP contribution < -0.4 is 10.2 Å². The van der Waals surface area contributed by atoms with Crippen LogP contribution >= 0.6 is 11.8 Å². The van der Waals surface area contributed by atoms with Crippen LogP contribution in [0, 0.1) is 0 Å². The van der Waals surface area contributed by atoms with Crippen LogP contribution in [0.25, 0.3) is 0 Å². The number of hydrogen-bond acceptors (Lipinski definition) is 8. The summed E-state index contributed by atoms with van der Waals surface area (Å²) in [5.41, 5.74) is 1.37. The lowest BCUT2D eigenvalue weighted by Gasteiger charge is -2.28. The van der Waals surface area contributed by atoms with Crippen LogP contribution in [0.3, 0.4) is 0 Å². The van der Waals surface area contributed by atoms with Crippen molar-refractivity contribution in [2.24, 2.45) is 0 Å². The Balaban J connectivity index is 1.51. The van der Waals surface area contributed by atoms with E-state index in [1.165, 1.54) is 17.8 Å². The summed E-state index contributed by atoms with van der Waals surface area (Å²) in [6, 6.07) is 16.4. The SMILES string of the molecule is CS(=O)(=O)c1ccccc1NC(=O)CSc1nnc(N2CCOCC2)n1Cc1ccccc1. The number of nitrogens with one attached hydrogen (secondary N) is 1. The predicted octanol–water partition coefficient (Wildman–Crippen LogP) is 2.30. The summed E-state index contributed by atoms with van der Waals surface area (Å²) in [5, 5.41) is 12.1. The molecule has 1 fully saturated rings. The highest BCUT2D eigenvalue weighted by atomic mass is 32.2. The second-order valence-electron chi connectivity index (χ2n) is 7.56. The molecule has 3 aromatic rings. The molecule has 1 aliphatic heterocycles. The maximum atomic E-state index is 12.6. The van der Waals surface area contributed by atoms with Crippen LogP contribution in [-0.4, -0.2) is 67.4 Å². The van der Waals surface area contributed by atoms with E-state index in [2.05, 4.69) is 20.4 Å². The summed E-state index contributed by atoms with van der Waals surface area (Å²) < 4.78 is 31.4. The van der Waals surface area contributed by atoms with Gasteiger partial charge in [0, 0.05) is 19.3 Å². The zero-order chi connectivity index (χ0) is 23.3. The standard InChI is InChI=1S/C22H25N5O4S2/c1-33(29,30)19-10-6-5-9-18(19)23-20(28)16-32-22-25-24-21(26-11-13-31-14-12-26)27(22)15-17-7-3-2-4-8-17/h2-10H,11-16H2,1H3,(H,23,28). The highest BCUT2D eigenvalue weighted by Gasteiger charge is 2.22. The molecule has 0 radical (unpaired) electrons. The molecule has 0 atom stereocenters. The number of morpholine rings is 1. The number of hydrogen-bond donors (Lipinski definition) is 1. The monoisotopic (exact) mass is 487 g/mol. The predicted molar refractivity (Wildman–Crippen MR) is 128 cm³/mol. The molecule has 174 valence electrons. The van der Waals surface area contributed by atoms with Gasteiger partial charge in [-0.3, -0.25) is 9.36 Å². The van der Waals surface area contributed by atoms with Gasteiger partial charge in [-0.1, -0.05) is 54.2 Å². The Kier molecular flexibility index (Phi) is 7.31. The van der Waals surface area contributed by atoms with Crippen molar-refractivity contribution in [3.63, 3.8) is 0 Å². The lowest BCUT2D eigenvalue weighted by Crippen LogP contribution is -2.38. The van der Waals surface area contributed by atoms with Crippen molar-refractivity contribution in [1.29, 1.82) is 0 Å². The topological polar surface area (TPSA) is 106 Å². The fraction of sp³-hybridized carbons (Fsp3) is 0.318. The molecule has 0 saturated carbocycles. The first-order valence-electron chi connectivity index (χ1n) is 10.4. The second kappa shape index (κ2) is 10.4. The molecule has 0 aliphatic carbocycles. The van der Waals surface area contributed by atoms with E-state index in [0.29, 0.717) is 24.9 Å². The normalized spacial score (nSPS) is 14.3. The number of benzene rings is 2. The van der Waals surface area contributed by atoms with Gasteiger partial charge in [0.25, 0.3) is 0 Å². The minimum atomic E-state index is -3.46. The summed E-state index contributed by atoms with van der Waals surface area (Å²) in [4.78, 5) is 14.9. The summed E-state index contributed by atoms with van der Waals surface area (Å²) in [7, 11) is -3.46. The van der Waals surface area contributed by atoms with Crippen LogP contribution in [-0.2, 0) is 25.9 Å². The highest BCUT2D eigenvalue weighted by Crippen LogP contribution is 2.25. The summed E-state index contributed by atoms with van der Waals surface area (Å²) >= 11 is 1.26. The highest BCUT2D eigenvalue weighted by molar-refractivity contribution is 7.99. The van der Waals surface area contributed by atoms with Gasteiger partial charge in [0.15, 0.2) is 15.0 Å². The third-order valence-electron chi connectivity index (χ3n) is 5.07. The number of sulfone groups is 1. The van der Waals surface area contributed by atoms with Crippen molar-refractivity contribution in [1.82, 2.24) is 14.8 Å². The Morgan fingerprint density at radius 2 is 1.76 bits per heavy atom. The summed E-state index contributed by atoms with van der Waals surface area (Å²) in [5.74, 6) is 0.486. The van der Waals surface area contributed by atoms with Gasteiger partial charge in [0.1, 0.15) is 0 Å². The van der Waals surface area contributed by atoms with Gasteiger partial charge in [0.05, 0.1) is 36.1 Å². The number of nitrogens with zero attached hydrogens (tertiary/aromatic N) is 4. The minimum absolute atomic E-state index is 0.0636. The van der Waals surface area contributed by atoms with E-state index in [-0.39, 0.29) is 22.2 Å². The molecule has 11 heteroatoms. The van der Waals surface area contributed by atoms with Gasteiger partial charge in [-0.25, -0.2) is 8.42 Å². The third-order valence-corrected chi connectivity index (χ3v) is 7.19. The number of carbonyl (C=O) groups excluding carboxylic acids is 1. The first-order chi connectivity index (χ1) is 15.9. The first kappa shape index (κ1) is 23.3. The van der Waals surface area contributed by atoms with E-state index in [1.54, 1.807) is 18.2 Å². The fourth-order valence-corrected chi connectivity index (χ4v) is 5.08. The van der Waals surface area contributed by atoms with Gasteiger partial charge in [-0.2, -0.15) is 0 Å². The molecule has 1 aliphatic rings. The lowest BCUT2D eigenvalue weighted by molar-refractivity contribution is -0.113. The zero-order valence-electron chi connectivity index (χ0n) is 18.2. The van der Waals surface area contributed by atoms with E-state index in [0.717, 1.165) is 30.9 Å². The fourth-order valence-electron chi connectivity index (χ4n) is 3.50.